The minimum Gasteiger partial charge on any atom is -0.459 e. The number of furan rings is 1. The zero-order valence-electron chi connectivity index (χ0n) is 17.9. The molecule has 4 rings (SSSR count). The lowest BCUT2D eigenvalue weighted by atomic mass is 10.1. The standard InChI is InChI=1S/C24H23N5O4/c1-29-19-11-6-5-10-17(19)25-21(29)15-22(30)27-28-23(31)18(14-16-8-3-2-4-9-16)26-24(32)20-12-7-13-33-20/h2-13,18H,14-15H2,1H3,(H,26,32)(H,27,30)(H,28,31). The zero-order valence-corrected chi connectivity index (χ0v) is 17.9. The van der Waals surface area contributed by atoms with Gasteiger partial charge in [-0.05, 0) is 29.8 Å². The third-order valence-electron chi connectivity index (χ3n) is 5.17. The van der Waals surface area contributed by atoms with E-state index in [-0.39, 0.29) is 18.6 Å². The highest BCUT2D eigenvalue weighted by Crippen LogP contribution is 2.14. The molecule has 0 bridgehead atoms. The SMILES string of the molecule is Cn1c(CC(=O)NNC(=O)C(Cc2ccccc2)NC(=O)c2ccco2)nc2ccccc21. The van der Waals surface area contributed by atoms with Crippen molar-refractivity contribution in [1.82, 2.24) is 25.7 Å². The monoisotopic (exact) mass is 445 g/mol. The summed E-state index contributed by atoms with van der Waals surface area (Å²) in [6, 6.07) is 19.0. The minimum absolute atomic E-state index is 0.0203. The third-order valence-corrected chi connectivity index (χ3v) is 5.17. The van der Waals surface area contributed by atoms with Crippen molar-refractivity contribution in [2.45, 2.75) is 18.9 Å². The number of hydrogen-bond acceptors (Lipinski definition) is 5. The molecule has 0 aliphatic heterocycles. The maximum atomic E-state index is 12.8. The Bertz CT molecular complexity index is 1260. The van der Waals surface area contributed by atoms with Crippen LogP contribution in [0, 0.1) is 0 Å². The van der Waals surface area contributed by atoms with Crippen LogP contribution in [0.2, 0.25) is 0 Å². The van der Waals surface area contributed by atoms with Gasteiger partial charge in [-0.1, -0.05) is 42.5 Å². The fourth-order valence-corrected chi connectivity index (χ4v) is 3.46. The molecule has 1 atom stereocenters. The molecule has 0 saturated carbocycles. The van der Waals surface area contributed by atoms with Gasteiger partial charge in [0.05, 0.1) is 23.7 Å². The number of aryl methyl sites for hydroxylation is 1. The quantitative estimate of drug-likeness (QED) is 0.376. The number of carbonyl (C=O) groups is 3. The van der Waals surface area contributed by atoms with Gasteiger partial charge in [-0.15, -0.1) is 0 Å². The molecule has 9 nitrogen and oxygen atoms in total. The summed E-state index contributed by atoms with van der Waals surface area (Å²) in [6.07, 6.45) is 1.59. The Morgan fingerprint density at radius 3 is 2.45 bits per heavy atom. The van der Waals surface area contributed by atoms with Gasteiger partial charge in [-0.2, -0.15) is 0 Å². The summed E-state index contributed by atoms with van der Waals surface area (Å²) >= 11 is 0. The number of fused-ring (bicyclic) bond motifs is 1. The van der Waals surface area contributed by atoms with Crippen molar-refractivity contribution in [2.75, 3.05) is 0 Å². The van der Waals surface area contributed by atoms with E-state index in [0.717, 1.165) is 16.6 Å². The summed E-state index contributed by atoms with van der Waals surface area (Å²) in [5, 5.41) is 2.66. The molecule has 0 aliphatic carbocycles. The van der Waals surface area contributed by atoms with Gasteiger partial charge in [0, 0.05) is 13.5 Å². The molecule has 4 aromatic rings. The average molecular weight is 445 g/mol. The van der Waals surface area contributed by atoms with Gasteiger partial charge in [-0.3, -0.25) is 25.2 Å². The Morgan fingerprint density at radius 1 is 0.970 bits per heavy atom. The maximum Gasteiger partial charge on any atom is 0.287 e. The summed E-state index contributed by atoms with van der Waals surface area (Å²) in [6.45, 7) is 0. The van der Waals surface area contributed by atoms with Gasteiger partial charge in [0.1, 0.15) is 11.9 Å². The lowest BCUT2D eigenvalue weighted by Gasteiger charge is -2.18. The van der Waals surface area contributed by atoms with Crippen LogP contribution in [0.1, 0.15) is 21.9 Å². The second-order valence-corrected chi connectivity index (χ2v) is 7.48. The van der Waals surface area contributed by atoms with Crippen molar-refractivity contribution in [3.63, 3.8) is 0 Å². The van der Waals surface area contributed by atoms with Gasteiger partial charge < -0.3 is 14.3 Å². The number of nitrogens with one attached hydrogen (secondary N) is 3. The lowest BCUT2D eigenvalue weighted by molar-refractivity contribution is -0.129. The molecule has 9 heteroatoms. The second-order valence-electron chi connectivity index (χ2n) is 7.48. The van der Waals surface area contributed by atoms with Gasteiger partial charge in [0.15, 0.2) is 5.76 Å². The van der Waals surface area contributed by atoms with Crippen molar-refractivity contribution in [3.8, 4) is 0 Å². The van der Waals surface area contributed by atoms with E-state index in [0.29, 0.717) is 5.82 Å². The third kappa shape index (κ3) is 5.27. The molecule has 0 radical (unpaired) electrons. The van der Waals surface area contributed by atoms with E-state index in [1.54, 1.807) is 6.07 Å². The molecule has 168 valence electrons. The smallest absolute Gasteiger partial charge is 0.287 e. The van der Waals surface area contributed by atoms with Crippen LogP contribution >= 0.6 is 0 Å². The summed E-state index contributed by atoms with van der Waals surface area (Å²) in [5.74, 6) is -0.863. The molecule has 3 amide bonds. The summed E-state index contributed by atoms with van der Waals surface area (Å²) < 4.78 is 6.94. The minimum atomic E-state index is -0.930. The molecular formula is C24H23N5O4. The summed E-state index contributed by atoms with van der Waals surface area (Å²) in [5.41, 5.74) is 7.36. The van der Waals surface area contributed by atoms with Crippen LogP contribution in [-0.2, 0) is 29.5 Å². The number of nitrogens with zero attached hydrogens (tertiary/aromatic N) is 2. The highest BCUT2D eigenvalue weighted by Gasteiger charge is 2.23. The van der Waals surface area contributed by atoms with Crippen molar-refractivity contribution in [3.05, 3.63) is 90.1 Å². The van der Waals surface area contributed by atoms with Crippen LogP contribution in [0.15, 0.2) is 77.4 Å². The van der Waals surface area contributed by atoms with Crippen molar-refractivity contribution >= 4 is 28.8 Å². The normalized spacial score (nSPS) is 11.7. The number of benzene rings is 2. The Kier molecular flexibility index (Phi) is 6.49. The molecule has 3 N–H and O–H groups in total. The number of hydrazine groups is 1. The van der Waals surface area contributed by atoms with E-state index in [1.165, 1.54) is 12.3 Å². The Morgan fingerprint density at radius 2 is 1.73 bits per heavy atom. The first-order chi connectivity index (χ1) is 16.0. The molecule has 0 fully saturated rings. The number of carbonyl (C=O) groups excluding carboxylic acids is 3. The fourth-order valence-electron chi connectivity index (χ4n) is 3.46. The van der Waals surface area contributed by atoms with Crippen LogP contribution in [0.3, 0.4) is 0 Å². The predicted octanol–water partition coefficient (Wildman–Crippen LogP) is 1.90. The van der Waals surface area contributed by atoms with Gasteiger partial charge >= 0.3 is 0 Å². The first kappa shape index (κ1) is 21.8. The van der Waals surface area contributed by atoms with E-state index < -0.39 is 23.8 Å². The maximum absolute atomic E-state index is 12.8. The van der Waals surface area contributed by atoms with E-state index in [2.05, 4.69) is 21.2 Å². The summed E-state index contributed by atoms with van der Waals surface area (Å²) in [4.78, 5) is 42.2. The number of aromatic nitrogens is 2. The lowest BCUT2D eigenvalue weighted by Crippen LogP contribution is -2.53. The van der Waals surface area contributed by atoms with Crippen molar-refractivity contribution in [1.29, 1.82) is 0 Å². The number of para-hydroxylation sites is 2. The van der Waals surface area contributed by atoms with Crippen molar-refractivity contribution < 1.29 is 18.8 Å². The molecule has 0 saturated heterocycles. The van der Waals surface area contributed by atoms with Gasteiger partial charge in [-0.25, -0.2) is 4.98 Å². The molecule has 2 aromatic heterocycles. The highest BCUT2D eigenvalue weighted by atomic mass is 16.3. The van der Waals surface area contributed by atoms with Crippen molar-refractivity contribution in [2.24, 2.45) is 7.05 Å². The first-order valence-corrected chi connectivity index (χ1v) is 10.4. The number of hydrogen-bond donors (Lipinski definition) is 3. The number of rotatable bonds is 7. The molecular weight excluding hydrogens is 422 g/mol. The van der Waals surface area contributed by atoms with Gasteiger partial charge in [0.2, 0.25) is 5.91 Å². The molecule has 0 aliphatic rings. The average Bonchev–Trinajstić information content (AvgIpc) is 3.47. The molecule has 2 aromatic carbocycles. The second kappa shape index (κ2) is 9.82. The van der Waals surface area contributed by atoms with Gasteiger partial charge in [0.25, 0.3) is 11.8 Å². The molecule has 33 heavy (non-hydrogen) atoms. The van der Waals surface area contributed by atoms with Crippen LogP contribution in [0.4, 0.5) is 0 Å². The molecule has 1 unspecified atom stereocenters. The fraction of sp³-hybridized carbons (Fsp3) is 0.167. The largest absolute Gasteiger partial charge is 0.459 e. The Hall–Kier alpha value is -4.40. The van der Waals surface area contributed by atoms with Crippen LogP contribution in [0.5, 0.6) is 0 Å². The summed E-state index contributed by atoms with van der Waals surface area (Å²) in [7, 11) is 1.83. The van der Waals surface area contributed by atoms with Crippen LogP contribution in [0.25, 0.3) is 11.0 Å². The van der Waals surface area contributed by atoms with E-state index in [4.69, 9.17) is 4.42 Å². The highest BCUT2D eigenvalue weighted by molar-refractivity contribution is 5.96. The predicted molar refractivity (Wildman–Crippen MR) is 121 cm³/mol. The van der Waals surface area contributed by atoms with E-state index in [9.17, 15) is 14.4 Å². The van der Waals surface area contributed by atoms with E-state index in [1.807, 2.05) is 66.2 Å². The number of amides is 3. The topological polar surface area (TPSA) is 118 Å². The molecule has 0 spiro atoms. The van der Waals surface area contributed by atoms with Crippen LogP contribution in [-0.4, -0.2) is 33.3 Å². The zero-order chi connectivity index (χ0) is 23.2. The molecule has 2 heterocycles. The van der Waals surface area contributed by atoms with E-state index >= 15 is 0 Å². The Labute approximate surface area is 189 Å². The van der Waals surface area contributed by atoms with Crippen LogP contribution < -0.4 is 16.2 Å². The number of imidazole rings is 1. The first-order valence-electron chi connectivity index (χ1n) is 10.4. The Balaban J connectivity index is 1.40.